The normalized spacial score (nSPS) is 24.9. The minimum absolute atomic E-state index is 0.0333. The Balaban J connectivity index is 1.16. The highest BCUT2D eigenvalue weighted by Crippen LogP contribution is 2.36. The molecule has 2 aliphatic rings. The summed E-state index contributed by atoms with van der Waals surface area (Å²) in [4.78, 5) is 0. The molecule has 68 heavy (non-hydrogen) atoms. The van der Waals surface area contributed by atoms with E-state index in [1.165, 1.54) is 0 Å². The Labute approximate surface area is 400 Å². The zero-order chi connectivity index (χ0) is 46.6. The van der Waals surface area contributed by atoms with Crippen LogP contribution in [0.25, 0.3) is 0 Å². The van der Waals surface area contributed by atoms with Gasteiger partial charge >= 0.3 is 0 Å². The van der Waals surface area contributed by atoms with E-state index in [4.69, 9.17) is 47.4 Å². The summed E-state index contributed by atoms with van der Waals surface area (Å²) in [5.74, 6) is 0. The van der Waals surface area contributed by atoms with Crippen molar-refractivity contribution in [3.05, 3.63) is 228 Å². The second-order valence-electron chi connectivity index (χ2n) is 16.8. The van der Waals surface area contributed by atoms with Gasteiger partial charge in [0.1, 0.15) is 48.8 Å². The number of ether oxygens (including phenoxy) is 10. The van der Waals surface area contributed by atoms with Gasteiger partial charge in [0.15, 0.2) is 12.6 Å². The standard InChI is InChI=1S/C57H62O11/c1-2-33-61-56-55(65-39-47-31-19-8-20-32-47)53(63-37-45-27-15-6-16-28-45)51(49(67-56)41-60-35-43-23-11-4-12-24-43)68-57-54(64-38-46-29-17-7-18-30-46)52(62-36-44-25-13-5-14-26-44)50(58)48(66-57)40-59-34-42-21-9-3-10-22-42/h2-32,48-58H,1,33-41H2/t48-,49-,50-,51-,52+,53+,54+,55+,56+,57+/m1/s1. The maximum atomic E-state index is 12.3. The summed E-state index contributed by atoms with van der Waals surface area (Å²) < 4.78 is 67.5. The molecule has 1 N–H and O–H groups in total. The third-order valence-electron chi connectivity index (χ3n) is 11.8. The SMILES string of the molecule is C=CCO[C@H]1O[C@H](COCc2ccccc2)[C@@H](O[C@@H]2O[C@H](COCc3ccccc3)[C@@H](O)[C@H](OCc3ccccc3)[C@@H]2OCc2ccccc2)[C@H](OCc2ccccc2)[C@@H]1OCc1ccccc1. The summed E-state index contributed by atoms with van der Waals surface area (Å²) in [6.07, 6.45) is -7.69. The molecule has 2 fully saturated rings. The van der Waals surface area contributed by atoms with E-state index in [2.05, 4.69) is 6.58 Å². The van der Waals surface area contributed by atoms with Gasteiger partial charge in [0.05, 0.1) is 59.5 Å². The fourth-order valence-corrected chi connectivity index (χ4v) is 8.30. The molecule has 11 heteroatoms. The van der Waals surface area contributed by atoms with Crippen molar-refractivity contribution in [2.24, 2.45) is 0 Å². The molecule has 11 nitrogen and oxygen atoms in total. The second kappa shape index (κ2) is 26.4. The molecule has 0 radical (unpaired) electrons. The van der Waals surface area contributed by atoms with Crippen molar-refractivity contribution >= 4 is 0 Å². The topological polar surface area (TPSA) is 113 Å². The Bertz CT molecular complexity index is 2290. The Hall–Kier alpha value is -5.38. The van der Waals surface area contributed by atoms with Gasteiger partial charge in [0.2, 0.25) is 0 Å². The van der Waals surface area contributed by atoms with Crippen LogP contribution >= 0.6 is 0 Å². The predicted octanol–water partition coefficient (Wildman–Crippen LogP) is 9.16. The van der Waals surface area contributed by atoms with Crippen molar-refractivity contribution in [3.8, 4) is 0 Å². The summed E-state index contributed by atoms with van der Waals surface area (Å²) in [6, 6.07) is 59.3. The van der Waals surface area contributed by atoms with Crippen LogP contribution in [-0.4, -0.2) is 86.3 Å². The molecule has 2 heterocycles. The van der Waals surface area contributed by atoms with Crippen LogP contribution in [0.2, 0.25) is 0 Å². The molecule has 0 unspecified atom stereocenters. The molecule has 0 saturated carbocycles. The molecule has 2 saturated heterocycles. The van der Waals surface area contributed by atoms with Gasteiger partial charge in [-0.05, 0) is 33.4 Å². The van der Waals surface area contributed by atoms with Crippen molar-refractivity contribution in [1.29, 1.82) is 0 Å². The van der Waals surface area contributed by atoms with Crippen LogP contribution in [0.5, 0.6) is 0 Å². The lowest BCUT2D eigenvalue weighted by Crippen LogP contribution is -2.66. The molecular formula is C57H62O11. The van der Waals surface area contributed by atoms with Gasteiger partial charge in [-0.2, -0.15) is 0 Å². The number of benzene rings is 6. The zero-order valence-corrected chi connectivity index (χ0v) is 38.3. The first kappa shape index (κ1) is 49.1. The fraction of sp³-hybridized carbons (Fsp3) is 0.333. The number of hydrogen-bond donors (Lipinski definition) is 1. The van der Waals surface area contributed by atoms with Crippen molar-refractivity contribution in [1.82, 2.24) is 0 Å². The molecule has 0 aliphatic carbocycles. The van der Waals surface area contributed by atoms with Gasteiger partial charge in [-0.15, -0.1) is 6.58 Å². The highest BCUT2D eigenvalue weighted by Gasteiger charge is 2.54. The van der Waals surface area contributed by atoms with Crippen LogP contribution in [0.15, 0.2) is 195 Å². The number of aliphatic hydroxyl groups excluding tert-OH is 1. The fourth-order valence-electron chi connectivity index (χ4n) is 8.30. The summed E-state index contributed by atoms with van der Waals surface area (Å²) in [5, 5.41) is 12.3. The Kier molecular flexibility index (Phi) is 19.0. The van der Waals surface area contributed by atoms with Gasteiger partial charge < -0.3 is 52.5 Å². The van der Waals surface area contributed by atoms with Crippen molar-refractivity contribution < 1.29 is 52.5 Å². The van der Waals surface area contributed by atoms with E-state index in [9.17, 15) is 5.11 Å². The summed E-state index contributed by atoms with van der Waals surface area (Å²) >= 11 is 0. The lowest BCUT2D eigenvalue weighted by atomic mass is 9.96. The van der Waals surface area contributed by atoms with E-state index in [-0.39, 0.29) is 46.2 Å². The molecule has 0 amide bonds. The smallest absolute Gasteiger partial charge is 0.187 e. The third-order valence-corrected chi connectivity index (χ3v) is 11.8. The van der Waals surface area contributed by atoms with Crippen molar-refractivity contribution in [2.75, 3.05) is 19.8 Å². The minimum Gasteiger partial charge on any atom is -0.387 e. The largest absolute Gasteiger partial charge is 0.387 e. The Morgan fingerprint density at radius 2 is 0.721 bits per heavy atom. The van der Waals surface area contributed by atoms with E-state index >= 15 is 0 Å². The zero-order valence-electron chi connectivity index (χ0n) is 38.3. The molecule has 6 aromatic carbocycles. The number of rotatable bonds is 25. The van der Waals surface area contributed by atoms with E-state index in [1.807, 2.05) is 182 Å². The van der Waals surface area contributed by atoms with Gasteiger partial charge in [0.25, 0.3) is 0 Å². The van der Waals surface area contributed by atoms with E-state index in [0.717, 1.165) is 33.4 Å². The first-order valence-corrected chi connectivity index (χ1v) is 23.3. The molecule has 0 bridgehead atoms. The van der Waals surface area contributed by atoms with Crippen LogP contribution in [0.3, 0.4) is 0 Å². The van der Waals surface area contributed by atoms with E-state index < -0.39 is 61.4 Å². The summed E-state index contributed by atoms with van der Waals surface area (Å²) in [7, 11) is 0. The third kappa shape index (κ3) is 14.3. The van der Waals surface area contributed by atoms with Gasteiger partial charge in [-0.25, -0.2) is 0 Å². The molecule has 2 aliphatic heterocycles. The molecule has 356 valence electrons. The first-order valence-electron chi connectivity index (χ1n) is 23.3. The van der Waals surface area contributed by atoms with Crippen molar-refractivity contribution in [2.45, 2.75) is 101 Å². The number of hydrogen-bond acceptors (Lipinski definition) is 11. The molecule has 0 aromatic heterocycles. The monoisotopic (exact) mass is 922 g/mol. The predicted molar refractivity (Wildman–Crippen MR) is 257 cm³/mol. The highest BCUT2D eigenvalue weighted by molar-refractivity contribution is 5.18. The maximum absolute atomic E-state index is 12.3. The quantitative estimate of drug-likeness (QED) is 0.0555. The highest BCUT2D eigenvalue weighted by atomic mass is 16.8. The minimum atomic E-state index is -1.17. The average molecular weight is 923 g/mol. The van der Waals surface area contributed by atoms with Gasteiger partial charge in [0, 0.05) is 0 Å². The average Bonchev–Trinajstić information content (AvgIpc) is 3.39. The van der Waals surface area contributed by atoms with Crippen LogP contribution in [0.4, 0.5) is 0 Å². The van der Waals surface area contributed by atoms with Crippen LogP contribution < -0.4 is 0 Å². The lowest BCUT2D eigenvalue weighted by Gasteiger charge is -2.49. The molecular weight excluding hydrogens is 861 g/mol. The molecule has 0 spiro atoms. The van der Waals surface area contributed by atoms with E-state index in [0.29, 0.717) is 13.2 Å². The van der Waals surface area contributed by atoms with E-state index in [1.54, 1.807) is 6.08 Å². The lowest BCUT2D eigenvalue weighted by molar-refractivity contribution is -0.374. The molecule has 10 atom stereocenters. The molecule has 6 aromatic rings. The maximum Gasteiger partial charge on any atom is 0.187 e. The van der Waals surface area contributed by atoms with Crippen LogP contribution in [0, 0.1) is 0 Å². The van der Waals surface area contributed by atoms with Gasteiger partial charge in [-0.1, -0.05) is 188 Å². The second-order valence-corrected chi connectivity index (χ2v) is 16.8. The van der Waals surface area contributed by atoms with Crippen LogP contribution in [-0.2, 0) is 87.0 Å². The first-order chi connectivity index (χ1) is 33.6. The van der Waals surface area contributed by atoms with Crippen LogP contribution in [0.1, 0.15) is 33.4 Å². The molecule has 8 rings (SSSR count). The Morgan fingerprint density at radius 3 is 1.13 bits per heavy atom. The summed E-state index contributed by atoms with van der Waals surface area (Å²) in [6.45, 7) is 5.69. The number of aliphatic hydroxyl groups is 1. The van der Waals surface area contributed by atoms with Gasteiger partial charge in [-0.3, -0.25) is 0 Å². The van der Waals surface area contributed by atoms with Crippen molar-refractivity contribution in [3.63, 3.8) is 0 Å². The summed E-state index contributed by atoms with van der Waals surface area (Å²) in [5.41, 5.74) is 5.74. The Morgan fingerprint density at radius 1 is 0.382 bits per heavy atom.